The van der Waals surface area contributed by atoms with Crippen LogP contribution in [0.3, 0.4) is 0 Å². The van der Waals surface area contributed by atoms with E-state index in [4.69, 9.17) is 9.84 Å². The van der Waals surface area contributed by atoms with Crippen LogP contribution in [-0.2, 0) is 11.3 Å². The second-order valence-electron chi connectivity index (χ2n) is 6.03. The van der Waals surface area contributed by atoms with E-state index in [1.54, 1.807) is 31.4 Å². The number of rotatable bonds is 9. The normalized spacial score (nSPS) is 11.5. The van der Waals surface area contributed by atoms with Crippen LogP contribution in [0.4, 0.5) is 4.79 Å². The lowest BCUT2D eigenvalue weighted by atomic mass is 10.1. The van der Waals surface area contributed by atoms with Crippen LogP contribution in [0.5, 0.6) is 5.75 Å². The van der Waals surface area contributed by atoms with E-state index in [0.717, 1.165) is 5.56 Å². The van der Waals surface area contributed by atoms with Crippen LogP contribution in [0.25, 0.3) is 0 Å². The number of nitrogens with zero attached hydrogens (tertiary/aromatic N) is 1. The predicted molar refractivity (Wildman–Crippen MR) is 100 cm³/mol. The zero-order valence-corrected chi connectivity index (χ0v) is 15.2. The van der Waals surface area contributed by atoms with Crippen molar-refractivity contribution in [1.82, 2.24) is 10.2 Å². The van der Waals surface area contributed by atoms with E-state index in [0.29, 0.717) is 17.9 Å². The summed E-state index contributed by atoms with van der Waals surface area (Å²) in [5, 5.41) is 21.9. The van der Waals surface area contributed by atoms with Crippen molar-refractivity contribution in [1.29, 1.82) is 0 Å². The molecule has 2 rings (SSSR count). The largest absolute Gasteiger partial charge is 0.497 e. The number of carbonyl (C=O) groups excluding carboxylic acids is 1. The molecular weight excluding hydrogens is 348 g/mol. The lowest BCUT2D eigenvalue weighted by Crippen LogP contribution is -2.42. The van der Waals surface area contributed by atoms with E-state index in [2.05, 4.69) is 5.32 Å². The van der Waals surface area contributed by atoms with Gasteiger partial charge in [-0.1, -0.05) is 42.5 Å². The Morgan fingerprint density at radius 3 is 2.56 bits per heavy atom. The molecule has 7 heteroatoms. The van der Waals surface area contributed by atoms with Gasteiger partial charge in [-0.25, -0.2) is 4.79 Å². The van der Waals surface area contributed by atoms with Gasteiger partial charge < -0.3 is 25.2 Å². The topological polar surface area (TPSA) is 99.1 Å². The molecule has 0 fully saturated rings. The van der Waals surface area contributed by atoms with E-state index in [9.17, 15) is 14.7 Å². The van der Waals surface area contributed by atoms with E-state index in [-0.39, 0.29) is 19.5 Å². The number of carboxylic acids is 1. The highest BCUT2D eigenvalue weighted by molar-refractivity contribution is 5.75. The smallest absolute Gasteiger partial charge is 0.317 e. The monoisotopic (exact) mass is 372 g/mol. The van der Waals surface area contributed by atoms with Gasteiger partial charge in [-0.3, -0.25) is 4.79 Å². The molecule has 2 aromatic carbocycles. The van der Waals surface area contributed by atoms with Crippen LogP contribution in [0, 0.1) is 0 Å². The van der Waals surface area contributed by atoms with Gasteiger partial charge in [0.05, 0.1) is 26.2 Å². The minimum Gasteiger partial charge on any atom is -0.497 e. The van der Waals surface area contributed by atoms with Crippen LogP contribution < -0.4 is 10.1 Å². The first kappa shape index (κ1) is 20.3. The van der Waals surface area contributed by atoms with E-state index < -0.39 is 18.1 Å². The van der Waals surface area contributed by atoms with E-state index in [1.807, 2.05) is 30.3 Å². The Labute approximate surface area is 158 Å². The first-order valence-corrected chi connectivity index (χ1v) is 8.60. The first-order chi connectivity index (χ1) is 13.0. The summed E-state index contributed by atoms with van der Waals surface area (Å²) in [6.45, 7) is 0.371. The maximum atomic E-state index is 12.5. The second-order valence-corrected chi connectivity index (χ2v) is 6.03. The van der Waals surface area contributed by atoms with Crippen molar-refractivity contribution in [2.75, 3.05) is 20.2 Å². The quantitative estimate of drug-likeness (QED) is 0.628. The number of amides is 2. The molecule has 27 heavy (non-hydrogen) atoms. The van der Waals surface area contributed by atoms with Crippen LogP contribution in [-0.4, -0.2) is 47.3 Å². The predicted octanol–water partition coefficient (Wildman–Crippen LogP) is 2.42. The van der Waals surface area contributed by atoms with Crippen molar-refractivity contribution in [2.24, 2.45) is 0 Å². The molecule has 0 aliphatic rings. The molecule has 3 N–H and O–H groups in total. The highest BCUT2D eigenvalue weighted by atomic mass is 16.5. The molecule has 144 valence electrons. The molecule has 7 nitrogen and oxygen atoms in total. The maximum Gasteiger partial charge on any atom is 0.317 e. The Morgan fingerprint density at radius 2 is 1.89 bits per heavy atom. The second kappa shape index (κ2) is 10.2. The number of urea groups is 1. The molecule has 1 unspecified atom stereocenters. The summed E-state index contributed by atoms with van der Waals surface area (Å²) in [6.07, 6.45) is -1.07. The Bertz CT molecular complexity index is 751. The lowest BCUT2D eigenvalue weighted by Gasteiger charge is -2.26. The molecule has 0 radical (unpaired) electrons. The number of aliphatic hydroxyl groups is 1. The van der Waals surface area contributed by atoms with Gasteiger partial charge in [0.25, 0.3) is 0 Å². The van der Waals surface area contributed by atoms with E-state index >= 15 is 0 Å². The van der Waals surface area contributed by atoms with Gasteiger partial charge in [-0.2, -0.15) is 0 Å². The third-order valence-electron chi connectivity index (χ3n) is 3.99. The first-order valence-electron chi connectivity index (χ1n) is 8.60. The molecule has 0 aliphatic heterocycles. The highest BCUT2D eigenvalue weighted by Gasteiger charge is 2.19. The standard InChI is InChI=1S/C20H24N2O5/c1-27-17-9-5-8-16(12-17)18(23)14-22(13-15-6-3-2-4-7-15)20(26)21-11-10-19(24)25/h2-9,12,18,23H,10-11,13-14H2,1H3,(H,21,26)(H,24,25). The molecule has 0 spiro atoms. The van der Waals surface area contributed by atoms with Crippen molar-refractivity contribution in [3.63, 3.8) is 0 Å². The van der Waals surface area contributed by atoms with Crippen LogP contribution in [0.1, 0.15) is 23.7 Å². The minimum absolute atomic E-state index is 0.0225. The SMILES string of the molecule is COc1cccc(C(O)CN(Cc2ccccc2)C(=O)NCCC(=O)O)c1. The van der Waals surface area contributed by atoms with Crippen molar-refractivity contribution in [2.45, 2.75) is 19.1 Å². The van der Waals surface area contributed by atoms with Crippen LogP contribution in [0.2, 0.25) is 0 Å². The van der Waals surface area contributed by atoms with Gasteiger partial charge in [-0.15, -0.1) is 0 Å². The Morgan fingerprint density at radius 1 is 1.15 bits per heavy atom. The number of carboxylic acid groups (broad SMARTS) is 1. The molecule has 0 aliphatic carbocycles. The van der Waals surface area contributed by atoms with Gasteiger partial charge in [0.2, 0.25) is 0 Å². The third-order valence-corrected chi connectivity index (χ3v) is 3.99. The van der Waals surface area contributed by atoms with Crippen LogP contribution >= 0.6 is 0 Å². The number of aliphatic carboxylic acids is 1. The molecule has 2 aromatic rings. The van der Waals surface area contributed by atoms with Gasteiger partial charge in [0, 0.05) is 13.1 Å². The van der Waals surface area contributed by atoms with Crippen molar-refractivity contribution in [3.8, 4) is 5.75 Å². The Balaban J connectivity index is 2.10. The Kier molecular flexibility index (Phi) is 7.63. The summed E-state index contributed by atoms with van der Waals surface area (Å²) in [4.78, 5) is 24.6. The molecule has 2 amide bonds. The number of ether oxygens (including phenoxy) is 1. The van der Waals surface area contributed by atoms with Crippen molar-refractivity contribution >= 4 is 12.0 Å². The molecule has 0 saturated heterocycles. The van der Waals surface area contributed by atoms with E-state index in [1.165, 1.54) is 4.90 Å². The van der Waals surface area contributed by atoms with Gasteiger partial charge in [0.15, 0.2) is 0 Å². The highest BCUT2D eigenvalue weighted by Crippen LogP contribution is 2.20. The number of methoxy groups -OCH3 is 1. The van der Waals surface area contributed by atoms with Crippen LogP contribution in [0.15, 0.2) is 54.6 Å². The zero-order valence-electron chi connectivity index (χ0n) is 15.2. The number of benzene rings is 2. The summed E-state index contributed by atoms with van der Waals surface area (Å²) in [7, 11) is 1.54. The average molecular weight is 372 g/mol. The number of carbonyl (C=O) groups is 2. The lowest BCUT2D eigenvalue weighted by molar-refractivity contribution is -0.136. The van der Waals surface area contributed by atoms with Gasteiger partial charge >= 0.3 is 12.0 Å². The maximum absolute atomic E-state index is 12.5. The summed E-state index contributed by atoms with van der Waals surface area (Å²) in [6, 6.07) is 16.0. The third kappa shape index (κ3) is 6.63. The molecule has 0 heterocycles. The number of hydrogen-bond acceptors (Lipinski definition) is 4. The molecule has 0 bridgehead atoms. The fourth-order valence-electron chi connectivity index (χ4n) is 2.57. The minimum atomic E-state index is -0.985. The fraction of sp³-hybridized carbons (Fsp3) is 0.300. The summed E-state index contributed by atoms with van der Waals surface area (Å²) in [5.74, 6) is -0.367. The van der Waals surface area contributed by atoms with Gasteiger partial charge in [-0.05, 0) is 23.3 Å². The summed E-state index contributed by atoms with van der Waals surface area (Å²) < 4.78 is 5.17. The number of nitrogens with one attached hydrogen (secondary N) is 1. The average Bonchev–Trinajstić information content (AvgIpc) is 2.67. The summed E-state index contributed by atoms with van der Waals surface area (Å²) >= 11 is 0. The van der Waals surface area contributed by atoms with Crippen molar-refractivity contribution in [3.05, 3.63) is 65.7 Å². The van der Waals surface area contributed by atoms with Gasteiger partial charge in [0.1, 0.15) is 5.75 Å². The molecule has 1 atom stereocenters. The molecule has 0 aromatic heterocycles. The van der Waals surface area contributed by atoms with Crippen molar-refractivity contribution < 1.29 is 24.5 Å². The molecule has 0 saturated carbocycles. The number of hydrogen-bond donors (Lipinski definition) is 3. The number of aliphatic hydroxyl groups excluding tert-OH is 1. The summed E-state index contributed by atoms with van der Waals surface area (Å²) in [5.41, 5.74) is 1.54. The Hall–Kier alpha value is -3.06. The fourth-order valence-corrected chi connectivity index (χ4v) is 2.57. The zero-order chi connectivity index (χ0) is 19.6. The molecular formula is C20H24N2O5.